The summed E-state index contributed by atoms with van der Waals surface area (Å²) in [5.41, 5.74) is 0. The fourth-order valence-electron chi connectivity index (χ4n) is 7.21. The van der Waals surface area contributed by atoms with Crippen molar-refractivity contribution in [2.24, 2.45) is 0 Å². The summed E-state index contributed by atoms with van der Waals surface area (Å²) in [5.74, 6) is 1.62. The zero-order chi connectivity index (χ0) is 32.3. The fraction of sp³-hybridized carbons (Fsp3) is 0.930. The Bertz CT molecular complexity index is 692. The third-order valence-corrected chi connectivity index (χ3v) is 10.3. The van der Waals surface area contributed by atoms with E-state index >= 15 is 0 Å². The van der Waals surface area contributed by atoms with E-state index in [0.717, 1.165) is 0 Å². The summed E-state index contributed by atoms with van der Waals surface area (Å²) in [6, 6.07) is 0. The van der Waals surface area contributed by atoms with Crippen LogP contribution in [0.25, 0.3) is 0 Å². The van der Waals surface area contributed by atoms with Crippen molar-refractivity contribution in [3.05, 3.63) is 18.2 Å². The van der Waals surface area contributed by atoms with Crippen LogP contribution in [-0.2, 0) is 19.5 Å². The van der Waals surface area contributed by atoms with Crippen LogP contribution in [0.1, 0.15) is 245 Å². The molecule has 0 saturated carbocycles. The van der Waals surface area contributed by atoms with Crippen LogP contribution in [0.3, 0.4) is 0 Å². The van der Waals surface area contributed by atoms with E-state index in [0.29, 0.717) is 0 Å². The van der Waals surface area contributed by atoms with Crippen molar-refractivity contribution in [3.8, 4) is 0 Å². The molecule has 0 aliphatic rings. The molecule has 0 bridgehead atoms. The van der Waals surface area contributed by atoms with Gasteiger partial charge in [0.15, 0.2) is 0 Å². The van der Waals surface area contributed by atoms with Crippen molar-refractivity contribution in [2.45, 2.75) is 259 Å². The molecule has 2 nitrogen and oxygen atoms in total. The number of rotatable bonds is 37. The Labute approximate surface area is 285 Å². The highest BCUT2D eigenvalue weighted by Crippen LogP contribution is 2.16. The lowest BCUT2D eigenvalue weighted by Crippen LogP contribution is -2.37. The lowest BCUT2D eigenvalue weighted by atomic mass is 10.0. The first-order chi connectivity index (χ1) is 22.3. The van der Waals surface area contributed by atoms with Gasteiger partial charge in [0.1, 0.15) is 12.4 Å². The van der Waals surface area contributed by atoms with Crippen molar-refractivity contribution in [2.75, 3.05) is 0 Å². The molecule has 0 unspecified atom stereocenters. The zero-order valence-corrected chi connectivity index (χ0v) is 31.7. The minimum absolute atomic E-state index is 1.23. The van der Waals surface area contributed by atoms with E-state index in [1.54, 1.807) is 5.82 Å². The second-order valence-electron chi connectivity index (χ2n) is 14.8. The predicted octanol–water partition coefficient (Wildman–Crippen LogP) is 14.6. The van der Waals surface area contributed by atoms with Gasteiger partial charge in [0, 0.05) is 6.42 Å². The van der Waals surface area contributed by atoms with Crippen molar-refractivity contribution in [3.63, 3.8) is 0 Å². The van der Waals surface area contributed by atoms with Gasteiger partial charge in [-0.25, -0.2) is 9.13 Å². The average molecular weight is 630 g/mol. The first-order valence-corrected chi connectivity index (χ1v) is 21.4. The maximum absolute atomic E-state index is 2.64. The van der Waals surface area contributed by atoms with Crippen LogP contribution < -0.4 is 4.57 Å². The molecule has 0 N–H and O–H groups in total. The highest BCUT2D eigenvalue weighted by atomic mass is 15.1. The third-order valence-electron chi connectivity index (χ3n) is 10.3. The van der Waals surface area contributed by atoms with E-state index in [1.165, 1.54) is 238 Å². The number of hydrogen-bond acceptors (Lipinski definition) is 0. The second-order valence-corrected chi connectivity index (χ2v) is 14.8. The van der Waals surface area contributed by atoms with Gasteiger partial charge in [-0.05, 0) is 32.1 Å². The average Bonchev–Trinajstić information content (AvgIpc) is 3.43. The fourth-order valence-corrected chi connectivity index (χ4v) is 7.21. The van der Waals surface area contributed by atoms with Crippen LogP contribution in [0, 0.1) is 0 Å². The standard InChI is InChI=1S/C43H85N2/c1-4-7-10-13-16-19-21-22-23-24-25-28-31-34-37-40-45-42-41-44(39-36-33-30-27-18-15-12-9-6-3)43(45)38-35-32-29-26-20-17-14-11-8-5-2/h41-42H,4-40H2,1-3H3/q+1. The Morgan fingerprint density at radius 1 is 0.378 bits per heavy atom. The SMILES string of the molecule is CCCCCCCCCCCCCCCCC[n+]1ccn(CCCCCCCCCCC)c1CCCCCCCCCCCC. The van der Waals surface area contributed by atoms with E-state index < -0.39 is 0 Å². The van der Waals surface area contributed by atoms with Gasteiger partial charge in [-0.1, -0.05) is 207 Å². The summed E-state index contributed by atoms with van der Waals surface area (Å²) in [4.78, 5) is 0. The zero-order valence-electron chi connectivity index (χ0n) is 31.7. The molecule has 2 heteroatoms. The van der Waals surface area contributed by atoms with E-state index in [2.05, 4.69) is 42.3 Å². The first-order valence-electron chi connectivity index (χ1n) is 21.4. The number of imidazole rings is 1. The summed E-state index contributed by atoms with van der Waals surface area (Å²) >= 11 is 0. The molecule has 0 radical (unpaired) electrons. The van der Waals surface area contributed by atoms with E-state index in [1.807, 2.05) is 0 Å². The maximum atomic E-state index is 2.64. The molecule has 0 atom stereocenters. The minimum atomic E-state index is 1.23. The molecular formula is C43H85N2+. The molecule has 1 heterocycles. The highest BCUT2D eigenvalue weighted by molar-refractivity contribution is 4.84. The Hall–Kier alpha value is -0.790. The van der Waals surface area contributed by atoms with Gasteiger partial charge in [0.05, 0.1) is 13.1 Å². The summed E-state index contributed by atoms with van der Waals surface area (Å²) in [6.45, 7) is 9.41. The molecule has 0 amide bonds. The summed E-state index contributed by atoms with van der Waals surface area (Å²) in [6.07, 6.45) is 54.9. The summed E-state index contributed by atoms with van der Waals surface area (Å²) < 4.78 is 5.28. The van der Waals surface area contributed by atoms with E-state index in [-0.39, 0.29) is 0 Å². The first kappa shape index (κ1) is 42.2. The van der Waals surface area contributed by atoms with Crippen LogP contribution >= 0.6 is 0 Å². The Kier molecular flexibility index (Phi) is 32.4. The van der Waals surface area contributed by atoms with Gasteiger partial charge in [-0.15, -0.1) is 0 Å². The molecular weight excluding hydrogens is 544 g/mol. The lowest BCUT2D eigenvalue weighted by molar-refractivity contribution is -0.704. The molecule has 1 rings (SSSR count). The van der Waals surface area contributed by atoms with Crippen molar-refractivity contribution in [1.82, 2.24) is 4.57 Å². The summed E-state index contributed by atoms with van der Waals surface area (Å²) in [7, 11) is 0. The molecule has 1 aromatic heterocycles. The second kappa shape index (κ2) is 34.5. The molecule has 45 heavy (non-hydrogen) atoms. The van der Waals surface area contributed by atoms with Crippen LogP contribution in [0.15, 0.2) is 12.4 Å². The number of aryl methyl sites for hydroxylation is 2. The molecule has 0 fully saturated rings. The minimum Gasteiger partial charge on any atom is -0.234 e. The van der Waals surface area contributed by atoms with Gasteiger partial charge in [-0.3, -0.25) is 0 Å². The van der Waals surface area contributed by atoms with Gasteiger partial charge in [0.2, 0.25) is 0 Å². The van der Waals surface area contributed by atoms with Crippen molar-refractivity contribution in [1.29, 1.82) is 0 Å². The van der Waals surface area contributed by atoms with Crippen LogP contribution in [0.4, 0.5) is 0 Å². The number of aromatic nitrogens is 2. The highest BCUT2D eigenvalue weighted by Gasteiger charge is 2.16. The summed E-state index contributed by atoms with van der Waals surface area (Å²) in [5, 5.41) is 0. The molecule has 0 spiro atoms. The monoisotopic (exact) mass is 630 g/mol. The lowest BCUT2D eigenvalue weighted by Gasteiger charge is -2.07. The van der Waals surface area contributed by atoms with Gasteiger partial charge < -0.3 is 0 Å². The molecule has 266 valence electrons. The molecule has 0 aliphatic heterocycles. The Balaban J connectivity index is 2.26. The number of hydrogen-bond donors (Lipinski definition) is 0. The number of nitrogens with zero attached hydrogens (tertiary/aromatic N) is 2. The smallest absolute Gasteiger partial charge is 0.234 e. The van der Waals surface area contributed by atoms with Crippen LogP contribution in [0.5, 0.6) is 0 Å². The molecule has 0 aromatic carbocycles. The van der Waals surface area contributed by atoms with E-state index in [4.69, 9.17) is 0 Å². The third kappa shape index (κ3) is 26.9. The predicted molar refractivity (Wildman–Crippen MR) is 202 cm³/mol. The quantitative estimate of drug-likeness (QED) is 0.0511. The molecule has 1 aromatic rings. The van der Waals surface area contributed by atoms with Crippen LogP contribution in [-0.4, -0.2) is 4.57 Å². The topological polar surface area (TPSA) is 8.81 Å². The van der Waals surface area contributed by atoms with Crippen molar-refractivity contribution >= 4 is 0 Å². The van der Waals surface area contributed by atoms with E-state index in [9.17, 15) is 0 Å². The Morgan fingerprint density at radius 2 is 0.689 bits per heavy atom. The van der Waals surface area contributed by atoms with Crippen molar-refractivity contribution < 1.29 is 4.57 Å². The molecule has 0 saturated heterocycles. The van der Waals surface area contributed by atoms with Gasteiger partial charge in [0.25, 0.3) is 5.82 Å². The normalized spacial score (nSPS) is 11.6. The number of unbranched alkanes of at least 4 members (excludes halogenated alkanes) is 31. The molecule has 0 aliphatic carbocycles. The Morgan fingerprint density at radius 3 is 1.07 bits per heavy atom. The van der Waals surface area contributed by atoms with Gasteiger partial charge >= 0.3 is 0 Å². The maximum Gasteiger partial charge on any atom is 0.256 e. The largest absolute Gasteiger partial charge is 0.256 e. The van der Waals surface area contributed by atoms with Crippen LogP contribution in [0.2, 0.25) is 0 Å². The van der Waals surface area contributed by atoms with Gasteiger partial charge in [-0.2, -0.15) is 0 Å².